The third-order valence-corrected chi connectivity index (χ3v) is 8.54. The number of aromatic nitrogens is 4. The van der Waals surface area contributed by atoms with E-state index < -0.39 is 0 Å². The molecule has 0 amide bonds. The van der Waals surface area contributed by atoms with Crippen LogP contribution in [0.5, 0.6) is 11.5 Å². The Balaban J connectivity index is 0.00000312. The van der Waals surface area contributed by atoms with Crippen molar-refractivity contribution in [3.8, 4) is 17.3 Å². The zero-order valence-electron chi connectivity index (χ0n) is 25.2. The number of hydrogen-bond acceptors (Lipinski definition) is 3. The van der Waals surface area contributed by atoms with Crippen molar-refractivity contribution >= 4 is 49.1 Å². The van der Waals surface area contributed by atoms with E-state index in [1.807, 2.05) is 18.3 Å². The number of nitrogens with zero attached hydrogens (tertiary/aromatic N) is 4. The van der Waals surface area contributed by atoms with Gasteiger partial charge in [-0.15, -0.1) is 29.7 Å². The Hall–Kier alpha value is -4.47. The van der Waals surface area contributed by atoms with E-state index in [9.17, 15) is 0 Å². The van der Waals surface area contributed by atoms with E-state index in [-0.39, 0.29) is 26.5 Å². The number of hydrogen-bond donors (Lipinski definition) is 0. The Morgan fingerprint density at radius 1 is 0.727 bits per heavy atom. The van der Waals surface area contributed by atoms with Gasteiger partial charge in [-0.05, 0) is 59.9 Å². The van der Waals surface area contributed by atoms with Gasteiger partial charge in [0.05, 0.1) is 5.65 Å². The summed E-state index contributed by atoms with van der Waals surface area (Å²) in [6.45, 7) is 10.8. The molecule has 0 saturated carbocycles. The molecule has 0 unspecified atom stereocenters. The summed E-state index contributed by atoms with van der Waals surface area (Å²) in [6, 6.07) is 36.5. The molecule has 4 heterocycles. The average Bonchev–Trinajstić information content (AvgIpc) is 3.50. The second-order valence-electron chi connectivity index (χ2n) is 12.3. The Bertz CT molecular complexity index is 2390. The summed E-state index contributed by atoms with van der Waals surface area (Å²) in [4.78, 5) is 9.72. The molecular formula is C38H30N4OPt. The van der Waals surface area contributed by atoms with E-state index in [0.29, 0.717) is 11.5 Å². The maximum atomic E-state index is 6.48. The zero-order chi connectivity index (χ0) is 29.5. The zero-order valence-corrected chi connectivity index (χ0v) is 27.4. The predicted molar refractivity (Wildman–Crippen MR) is 175 cm³/mol. The van der Waals surface area contributed by atoms with Crippen LogP contribution >= 0.6 is 0 Å². The summed E-state index contributed by atoms with van der Waals surface area (Å²) < 4.78 is 10.9. The van der Waals surface area contributed by atoms with Crippen LogP contribution in [-0.4, -0.2) is 18.9 Å². The molecule has 0 N–H and O–H groups in total. The van der Waals surface area contributed by atoms with Crippen molar-refractivity contribution in [2.75, 3.05) is 0 Å². The van der Waals surface area contributed by atoms with Crippen LogP contribution in [0.15, 0.2) is 91.1 Å². The van der Waals surface area contributed by atoms with Gasteiger partial charge in [0.25, 0.3) is 0 Å². The Morgan fingerprint density at radius 3 is 2.14 bits per heavy atom. The van der Waals surface area contributed by atoms with Crippen LogP contribution in [0, 0.1) is 26.0 Å². The van der Waals surface area contributed by atoms with Crippen molar-refractivity contribution in [1.82, 2.24) is 18.9 Å². The van der Waals surface area contributed by atoms with Gasteiger partial charge in [0, 0.05) is 40.1 Å². The molecule has 0 radical (unpaired) electrons. The number of fused-ring (bicyclic) bond motifs is 9. The first kappa shape index (κ1) is 28.3. The minimum absolute atomic E-state index is 0. The van der Waals surface area contributed by atoms with Crippen LogP contribution in [0.4, 0.5) is 0 Å². The van der Waals surface area contributed by atoms with Crippen molar-refractivity contribution < 1.29 is 25.8 Å². The van der Waals surface area contributed by atoms with Crippen LogP contribution in [-0.2, 0) is 26.5 Å². The molecule has 0 saturated heterocycles. The van der Waals surface area contributed by atoms with Crippen LogP contribution in [0.1, 0.15) is 37.7 Å². The molecule has 0 aliphatic heterocycles. The molecule has 0 bridgehead atoms. The van der Waals surface area contributed by atoms with Crippen molar-refractivity contribution in [1.29, 1.82) is 0 Å². The third kappa shape index (κ3) is 4.33. The molecule has 6 heteroatoms. The molecule has 0 atom stereocenters. The van der Waals surface area contributed by atoms with E-state index in [2.05, 4.69) is 129 Å². The molecule has 0 aliphatic carbocycles. The van der Waals surface area contributed by atoms with Crippen LogP contribution < -0.4 is 4.74 Å². The number of para-hydroxylation sites is 2. The maximum absolute atomic E-state index is 6.48. The average molecular weight is 754 g/mol. The fraction of sp³-hybridized carbons (Fsp3) is 0.158. The summed E-state index contributed by atoms with van der Waals surface area (Å²) in [7, 11) is 0. The minimum atomic E-state index is 0. The fourth-order valence-corrected chi connectivity index (χ4v) is 6.20. The molecule has 4 aromatic carbocycles. The molecule has 218 valence electrons. The molecule has 0 spiro atoms. The Labute approximate surface area is 270 Å². The molecule has 44 heavy (non-hydrogen) atoms. The number of imidazole rings is 1. The molecule has 4 aromatic heterocycles. The van der Waals surface area contributed by atoms with Crippen LogP contribution in [0.2, 0.25) is 0 Å². The van der Waals surface area contributed by atoms with E-state index in [0.717, 1.165) is 66.3 Å². The van der Waals surface area contributed by atoms with Crippen molar-refractivity contribution in [2.24, 2.45) is 0 Å². The van der Waals surface area contributed by atoms with E-state index in [1.165, 1.54) is 5.56 Å². The first-order chi connectivity index (χ1) is 20.8. The standard InChI is InChI=1S/C38H30N4O.Pt/c1-23-24(2)41-33-12-8-6-10-29(33)28-16-14-26(21-32(28)37(41)40-23)43-27-15-17-31-30-11-7-9-13-34(30)42(35(31)22-27)36-20-25(18-19-39-36)38(3,4)5;/h6-20H,1-5H3;/q-2;+2. The monoisotopic (exact) mass is 753 g/mol. The number of benzene rings is 4. The van der Waals surface area contributed by atoms with Crippen LogP contribution in [0.3, 0.4) is 0 Å². The smallest absolute Gasteiger partial charge is 0.503 e. The third-order valence-electron chi connectivity index (χ3n) is 8.54. The largest absolute Gasteiger partial charge is 2.00 e. The molecule has 0 aliphatic rings. The molecule has 5 nitrogen and oxygen atoms in total. The summed E-state index contributed by atoms with van der Waals surface area (Å²) in [5.74, 6) is 2.10. The fourth-order valence-electron chi connectivity index (χ4n) is 6.20. The van der Waals surface area contributed by atoms with Crippen molar-refractivity contribution in [3.63, 3.8) is 0 Å². The van der Waals surface area contributed by atoms with Gasteiger partial charge in [0.1, 0.15) is 5.82 Å². The van der Waals surface area contributed by atoms with Gasteiger partial charge in [0.2, 0.25) is 0 Å². The SMILES string of the molecule is Cc1nc2c3[c-]c(Oc4[c-]c5c(cc4)c4ccccc4n5-c4cc(C(C)(C)C)ccn4)ccc3c3ccccc3n2c1C.[Pt+2]. The molecule has 8 rings (SSSR count). The summed E-state index contributed by atoms with van der Waals surface area (Å²) >= 11 is 0. The summed E-state index contributed by atoms with van der Waals surface area (Å²) in [5, 5.41) is 5.45. The first-order valence-corrected chi connectivity index (χ1v) is 14.6. The first-order valence-electron chi connectivity index (χ1n) is 14.6. The van der Waals surface area contributed by atoms with Gasteiger partial charge in [-0.2, -0.15) is 6.07 Å². The minimum Gasteiger partial charge on any atom is -0.503 e. The summed E-state index contributed by atoms with van der Waals surface area (Å²) in [5.41, 5.74) is 7.40. The number of ether oxygens (including phenoxy) is 1. The number of aryl methyl sites for hydroxylation is 2. The van der Waals surface area contributed by atoms with Gasteiger partial charge in [-0.25, -0.2) is 4.98 Å². The van der Waals surface area contributed by atoms with Gasteiger partial charge in [-0.1, -0.05) is 79.5 Å². The number of rotatable bonds is 3. The van der Waals surface area contributed by atoms with E-state index in [4.69, 9.17) is 14.7 Å². The predicted octanol–water partition coefficient (Wildman–Crippen LogP) is 9.44. The van der Waals surface area contributed by atoms with Gasteiger partial charge in [0.15, 0.2) is 0 Å². The van der Waals surface area contributed by atoms with Gasteiger partial charge < -0.3 is 13.7 Å². The molecule has 0 fully saturated rings. The Morgan fingerprint density at radius 2 is 1.39 bits per heavy atom. The van der Waals surface area contributed by atoms with Crippen molar-refractivity contribution in [2.45, 2.75) is 40.0 Å². The van der Waals surface area contributed by atoms with Gasteiger partial charge >= 0.3 is 21.1 Å². The topological polar surface area (TPSA) is 44.3 Å². The normalized spacial score (nSPS) is 12.0. The van der Waals surface area contributed by atoms with Crippen LogP contribution in [0.25, 0.3) is 54.9 Å². The summed E-state index contributed by atoms with van der Waals surface area (Å²) in [6.07, 6.45) is 1.89. The quantitative estimate of drug-likeness (QED) is 0.134. The van der Waals surface area contributed by atoms with Crippen molar-refractivity contribution in [3.05, 3.63) is 120 Å². The second-order valence-corrected chi connectivity index (χ2v) is 12.3. The maximum Gasteiger partial charge on any atom is 2.00 e. The van der Waals surface area contributed by atoms with E-state index >= 15 is 0 Å². The van der Waals surface area contributed by atoms with E-state index in [1.54, 1.807) is 0 Å². The number of pyridine rings is 2. The van der Waals surface area contributed by atoms with Gasteiger partial charge in [-0.3, -0.25) is 4.98 Å². The Kier molecular flexibility index (Phi) is 6.64. The second kappa shape index (κ2) is 10.3. The molecule has 8 aromatic rings. The molecular weight excluding hydrogens is 724 g/mol.